The molecule has 1 amide bonds. The molecule has 1 saturated heterocycles. The van der Waals surface area contributed by atoms with Crippen molar-refractivity contribution < 1.29 is 14.3 Å². The van der Waals surface area contributed by atoms with Gasteiger partial charge in [-0.05, 0) is 37.0 Å². The summed E-state index contributed by atoms with van der Waals surface area (Å²) in [5.41, 5.74) is 3.64. The maximum absolute atomic E-state index is 12.1. The van der Waals surface area contributed by atoms with Gasteiger partial charge >= 0.3 is 0 Å². The highest BCUT2D eigenvalue weighted by atomic mass is 16.5. The Morgan fingerprint density at radius 1 is 1.30 bits per heavy atom. The van der Waals surface area contributed by atoms with E-state index in [2.05, 4.69) is 14.9 Å². The normalized spacial score (nSPS) is 15.3. The van der Waals surface area contributed by atoms with Gasteiger partial charge in [0.1, 0.15) is 11.3 Å². The topological polar surface area (TPSA) is 78.3 Å². The van der Waals surface area contributed by atoms with Crippen LogP contribution in [0.4, 0.5) is 5.69 Å². The number of rotatable bonds is 7. The highest BCUT2D eigenvalue weighted by Crippen LogP contribution is 2.29. The molecule has 0 aliphatic carbocycles. The molecule has 1 aliphatic rings. The Bertz CT molecular complexity index is 1040. The summed E-state index contributed by atoms with van der Waals surface area (Å²) in [6.07, 6.45) is 4.73. The van der Waals surface area contributed by atoms with E-state index in [0.29, 0.717) is 12.5 Å². The summed E-state index contributed by atoms with van der Waals surface area (Å²) in [5, 5.41) is 4.02. The molecule has 1 aliphatic heterocycles. The molecule has 7 heteroatoms. The van der Waals surface area contributed by atoms with Crippen molar-refractivity contribution >= 4 is 33.5 Å². The number of imidazole rings is 1. The lowest BCUT2D eigenvalue weighted by atomic mass is 10.00. The lowest BCUT2D eigenvalue weighted by molar-refractivity contribution is -0.118. The van der Waals surface area contributed by atoms with Gasteiger partial charge in [0, 0.05) is 50.3 Å². The van der Waals surface area contributed by atoms with E-state index < -0.39 is 0 Å². The van der Waals surface area contributed by atoms with Crippen molar-refractivity contribution in [3.8, 4) is 0 Å². The summed E-state index contributed by atoms with van der Waals surface area (Å²) in [6, 6.07) is 5.93. The highest BCUT2D eigenvalue weighted by molar-refractivity contribution is 6.04. The van der Waals surface area contributed by atoms with Crippen LogP contribution >= 0.6 is 0 Å². The molecule has 0 atom stereocenters. The standard InChI is InChI=1S/C23H30N4O3/c1-15(2)23(28)25-17-4-5-18-19(12-17)24-13-20-22(18)27(21(26-20)8-9-29-3)14-16-6-10-30-11-7-16/h4-5,12-13,15-16H,6-11,14H2,1-3H3,(H,25,28). The van der Waals surface area contributed by atoms with Crippen LogP contribution in [0.25, 0.3) is 21.9 Å². The summed E-state index contributed by atoms with van der Waals surface area (Å²) < 4.78 is 13.2. The number of pyridine rings is 1. The molecule has 0 spiro atoms. The first kappa shape index (κ1) is 20.8. The van der Waals surface area contributed by atoms with Crippen LogP contribution in [-0.4, -0.2) is 47.4 Å². The minimum Gasteiger partial charge on any atom is -0.384 e. The SMILES string of the molecule is COCCc1nc2cnc3cc(NC(=O)C(C)C)ccc3c2n1CC1CCOCC1. The summed E-state index contributed by atoms with van der Waals surface area (Å²) in [6.45, 7) is 6.97. The Kier molecular flexibility index (Phi) is 6.29. The molecule has 1 aromatic carbocycles. The predicted octanol–water partition coefficient (Wildman–Crippen LogP) is 3.79. The van der Waals surface area contributed by atoms with Crippen molar-refractivity contribution in [2.45, 2.75) is 39.7 Å². The maximum atomic E-state index is 12.1. The molecule has 30 heavy (non-hydrogen) atoms. The Balaban J connectivity index is 1.76. The first-order valence-electron chi connectivity index (χ1n) is 10.7. The molecular weight excluding hydrogens is 380 g/mol. The number of amides is 1. The first-order valence-corrected chi connectivity index (χ1v) is 10.7. The number of anilines is 1. The number of methoxy groups -OCH3 is 1. The molecule has 0 unspecified atom stereocenters. The van der Waals surface area contributed by atoms with Crippen LogP contribution in [0.3, 0.4) is 0 Å². The average Bonchev–Trinajstić information content (AvgIpc) is 3.10. The van der Waals surface area contributed by atoms with E-state index in [-0.39, 0.29) is 11.8 Å². The van der Waals surface area contributed by atoms with Crippen LogP contribution in [0, 0.1) is 11.8 Å². The van der Waals surface area contributed by atoms with E-state index in [9.17, 15) is 4.79 Å². The van der Waals surface area contributed by atoms with E-state index in [0.717, 1.165) is 72.5 Å². The minimum atomic E-state index is -0.0691. The van der Waals surface area contributed by atoms with E-state index in [1.807, 2.05) is 38.2 Å². The number of carbonyl (C=O) groups is 1. The van der Waals surface area contributed by atoms with Crippen LogP contribution in [0.5, 0.6) is 0 Å². The Hall–Kier alpha value is -2.51. The number of ether oxygens (including phenoxy) is 2. The van der Waals surface area contributed by atoms with Gasteiger partial charge in [-0.1, -0.05) is 13.8 Å². The van der Waals surface area contributed by atoms with E-state index in [1.54, 1.807) is 7.11 Å². The van der Waals surface area contributed by atoms with Crippen LogP contribution in [0.15, 0.2) is 24.4 Å². The molecule has 1 fully saturated rings. The fraction of sp³-hybridized carbons (Fsp3) is 0.522. The second-order valence-corrected chi connectivity index (χ2v) is 8.31. The predicted molar refractivity (Wildman–Crippen MR) is 118 cm³/mol. The van der Waals surface area contributed by atoms with Crippen molar-refractivity contribution in [1.82, 2.24) is 14.5 Å². The molecule has 4 rings (SSSR count). The molecule has 7 nitrogen and oxygen atoms in total. The Labute approximate surface area is 176 Å². The Morgan fingerprint density at radius 3 is 2.83 bits per heavy atom. The number of fused-ring (bicyclic) bond motifs is 3. The summed E-state index contributed by atoms with van der Waals surface area (Å²) in [5.74, 6) is 1.54. The van der Waals surface area contributed by atoms with Gasteiger partial charge in [-0.15, -0.1) is 0 Å². The second-order valence-electron chi connectivity index (χ2n) is 8.31. The van der Waals surface area contributed by atoms with Crippen LogP contribution < -0.4 is 5.32 Å². The molecule has 0 saturated carbocycles. The van der Waals surface area contributed by atoms with E-state index in [1.165, 1.54) is 0 Å². The van der Waals surface area contributed by atoms with Gasteiger partial charge in [0.25, 0.3) is 0 Å². The third kappa shape index (κ3) is 4.32. The van der Waals surface area contributed by atoms with Gasteiger partial charge in [-0.2, -0.15) is 0 Å². The number of benzene rings is 1. The maximum Gasteiger partial charge on any atom is 0.226 e. The van der Waals surface area contributed by atoms with Gasteiger partial charge in [0.05, 0.1) is 23.8 Å². The molecule has 0 bridgehead atoms. The van der Waals surface area contributed by atoms with E-state index >= 15 is 0 Å². The Morgan fingerprint density at radius 2 is 2.10 bits per heavy atom. The monoisotopic (exact) mass is 410 g/mol. The van der Waals surface area contributed by atoms with Crippen molar-refractivity contribution in [1.29, 1.82) is 0 Å². The average molecular weight is 411 g/mol. The zero-order valence-corrected chi connectivity index (χ0v) is 18.0. The third-order valence-corrected chi connectivity index (χ3v) is 5.76. The minimum absolute atomic E-state index is 0.00170. The van der Waals surface area contributed by atoms with Gasteiger partial charge in [0.2, 0.25) is 5.91 Å². The highest BCUT2D eigenvalue weighted by Gasteiger charge is 2.20. The van der Waals surface area contributed by atoms with Gasteiger partial charge in [-0.25, -0.2) is 4.98 Å². The van der Waals surface area contributed by atoms with Gasteiger partial charge in [-0.3, -0.25) is 9.78 Å². The molecule has 3 heterocycles. The zero-order chi connectivity index (χ0) is 21.1. The lowest BCUT2D eigenvalue weighted by Gasteiger charge is -2.23. The van der Waals surface area contributed by atoms with Crippen LogP contribution in [-0.2, 0) is 27.2 Å². The molecule has 3 aromatic rings. The van der Waals surface area contributed by atoms with Crippen molar-refractivity contribution in [3.05, 3.63) is 30.2 Å². The molecular formula is C23H30N4O3. The number of carbonyl (C=O) groups excluding carboxylic acids is 1. The molecule has 0 radical (unpaired) electrons. The third-order valence-electron chi connectivity index (χ3n) is 5.76. The molecule has 2 aromatic heterocycles. The quantitative estimate of drug-likeness (QED) is 0.641. The number of nitrogens with zero attached hydrogens (tertiary/aromatic N) is 3. The number of hydrogen-bond donors (Lipinski definition) is 1. The number of aromatic nitrogens is 3. The number of nitrogens with one attached hydrogen (secondary N) is 1. The van der Waals surface area contributed by atoms with Gasteiger partial charge in [0.15, 0.2) is 0 Å². The fourth-order valence-electron chi connectivity index (χ4n) is 3.99. The van der Waals surface area contributed by atoms with E-state index in [4.69, 9.17) is 14.5 Å². The van der Waals surface area contributed by atoms with Crippen molar-refractivity contribution in [2.75, 3.05) is 32.2 Å². The largest absolute Gasteiger partial charge is 0.384 e. The van der Waals surface area contributed by atoms with Gasteiger partial charge < -0.3 is 19.4 Å². The summed E-state index contributed by atoms with van der Waals surface area (Å²) >= 11 is 0. The summed E-state index contributed by atoms with van der Waals surface area (Å²) in [4.78, 5) is 21.6. The first-order chi connectivity index (χ1) is 14.6. The number of hydrogen-bond acceptors (Lipinski definition) is 5. The second kappa shape index (κ2) is 9.10. The van der Waals surface area contributed by atoms with Crippen LogP contribution in [0.2, 0.25) is 0 Å². The molecule has 160 valence electrons. The summed E-state index contributed by atoms with van der Waals surface area (Å²) in [7, 11) is 1.72. The van der Waals surface area contributed by atoms with Crippen LogP contribution in [0.1, 0.15) is 32.5 Å². The molecule has 1 N–H and O–H groups in total. The smallest absolute Gasteiger partial charge is 0.226 e. The van der Waals surface area contributed by atoms with Crippen molar-refractivity contribution in [2.24, 2.45) is 11.8 Å². The lowest BCUT2D eigenvalue weighted by Crippen LogP contribution is -2.21. The van der Waals surface area contributed by atoms with Crippen molar-refractivity contribution in [3.63, 3.8) is 0 Å². The fourth-order valence-corrected chi connectivity index (χ4v) is 3.99. The zero-order valence-electron chi connectivity index (χ0n) is 18.0.